The van der Waals surface area contributed by atoms with Gasteiger partial charge in [0.05, 0.1) is 5.54 Å². The Morgan fingerprint density at radius 1 is 0.786 bits per heavy atom. The fourth-order valence-corrected chi connectivity index (χ4v) is 9.18. The molecule has 0 aromatic rings. The van der Waals surface area contributed by atoms with E-state index in [-0.39, 0.29) is 17.0 Å². The SMILES string of the molecule is N=C(N)N(N)C(=NC12CC3CC(CC(C3)C1)C2)NC12CC3CC(CC(C3)C1)C2. The van der Waals surface area contributed by atoms with Crippen LogP contribution in [-0.4, -0.2) is 28.0 Å². The van der Waals surface area contributed by atoms with Crippen molar-refractivity contribution < 1.29 is 0 Å². The van der Waals surface area contributed by atoms with E-state index in [1.54, 1.807) is 0 Å². The Labute approximate surface area is 168 Å². The van der Waals surface area contributed by atoms with Crippen LogP contribution in [0.5, 0.6) is 0 Å². The maximum Gasteiger partial charge on any atom is 0.216 e. The van der Waals surface area contributed by atoms with Gasteiger partial charge in [-0.05, 0) is 113 Å². The lowest BCUT2D eigenvalue weighted by Crippen LogP contribution is -2.65. The first-order valence-corrected chi connectivity index (χ1v) is 11.7. The summed E-state index contributed by atoms with van der Waals surface area (Å²) in [5, 5.41) is 13.1. The van der Waals surface area contributed by atoms with Crippen molar-refractivity contribution in [3.8, 4) is 0 Å². The smallest absolute Gasteiger partial charge is 0.216 e. The third kappa shape index (κ3) is 2.78. The number of aliphatic imine (C=N–C) groups is 1. The second kappa shape index (κ2) is 5.87. The first-order chi connectivity index (χ1) is 13.4. The zero-order chi connectivity index (χ0) is 19.1. The summed E-state index contributed by atoms with van der Waals surface area (Å²) in [5.74, 6) is 12.0. The van der Waals surface area contributed by atoms with Gasteiger partial charge in [-0.25, -0.2) is 15.8 Å². The van der Waals surface area contributed by atoms with Crippen LogP contribution in [-0.2, 0) is 0 Å². The van der Waals surface area contributed by atoms with Crippen molar-refractivity contribution in [2.24, 2.45) is 52.1 Å². The largest absolute Gasteiger partial charge is 0.369 e. The lowest BCUT2D eigenvalue weighted by atomic mass is 9.53. The highest BCUT2D eigenvalue weighted by molar-refractivity contribution is 5.96. The lowest BCUT2D eigenvalue weighted by molar-refractivity contribution is -0.0131. The van der Waals surface area contributed by atoms with Crippen molar-refractivity contribution in [1.29, 1.82) is 5.41 Å². The molecule has 0 unspecified atom stereocenters. The van der Waals surface area contributed by atoms with Gasteiger partial charge in [0.15, 0.2) is 0 Å². The Morgan fingerprint density at radius 2 is 1.18 bits per heavy atom. The highest BCUT2D eigenvalue weighted by atomic mass is 15.5. The van der Waals surface area contributed by atoms with E-state index in [0.717, 1.165) is 35.5 Å². The second-order valence-electron chi connectivity index (χ2n) is 11.7. The summed E-state index contributed by atoms with van der Waals surface area (Å²) in [4.78, 5) is 5.35. The average molecular weight is 385 g/mol. The molecule has 0 spiro atoms. The number of nitrogens with one attached hydrogen (secondary N) is 2. The Hall–Kier alpha value is -1.30. The molecule has 6 heteroatoms. The highest BCUT2D eigenvalue weighted by Gasteiger charge is 2.54. The van der Waals surface area contributed by atoms with Crippen LogP contribution < -0.4 is 16.9 Å². The summed E-state index contributed by atoms with van der Waals surface area (Å²) in [6.07, 6.45) is 15.8. The van der Waals surface area contributed by atoms with E-state index in [4.69, 9.17) is 22.0 Å². The molecule has 154 valence electrons. The Bertz CT molecular complexity index is 641. The summed E-state index contributed by atoms with van der Waals surface area (Å²) < 4.78 is 0. The van der Waals surface area contributed by atoms with Gasteiger partial charge in [0.1, 0.15) is 0 Å². The molecule has 8 aliphatic rings. The zero-order valence-electron chi connectivity index (χ0n) is 17.0. The molecule has 0 saturated heterocycles. The highest BCUT2D eigenvalue weighted by Crippen LogP contribution is 2.58. The molecule has 0 aromatic heterocycles. The van der Waals surface area contributed by atoms with Crippen molar-refractivity contribution in [3.05, 3.63) is 0 Å². The molecule has 8 saturated carbocycles. The van der Waals surface area contributed by atoms with Crippen LogP contribution in [0.1, 0.15) is 77.0 Å². The van der Waals surface area contributed by atoms with E-state index in [1.165, 1.54) is 82.1 Å². The van der Waals surface area contributed by atoms with Gasteiger partial charge in [-0.2, -0.15) is 0 Å². The quantitative estimate of drug-likeness (QED) is 0.254. The molecule has 6 nitrogen and oxygen atoms in total. The van der Waals surface area contributed by atoms with Crippen LogP contribution in [0.15, 0.2) is 4.99 Å². The van der Waals surface area contributed by atoms with Crippen LogP contribution in [0.3, 0.4) is 0 Å². The molecule has 0 amide bonds. The number of rotatable bonds is 2. The maximum atomic E-state index is 7.97. The van der Waals surface area contributed by atoms with Crippen molar-refractivity contribution in [2.75, 3.05) is 0 Å². The van der Waals surface area contributed by atoms with Gasteiger partial charge >= 0.3 is 0 Å². The molecule has 8 rings (SSSR count). The number of hydrazine groups is 1. The zero-order valence-corrected chi connectivity index (χ0v) is 17.0. The van der Waals surface area contributed by atoms with Gasteiger partial charge in [-0.15, -0.1) is 0 Å². The summed E-state index contributed by atoms with van der Waals surface area (Å²) in [6.45, 7) is 0. The van der Waals surface area contributed by atoms with Gasteiger partial charge in [0, 0.05) is 5.54 Å². The molecule has 28 heavy (non-hydrogen) atoms. The fraction of sp³-hybridized carbons (Fsp3) is 0.909. The van der Waals surface area contributed by atoms with Crippen molar-refractivity contribution in [1.82, 2.24) is 10.3 Å². The van der Waals surface area contributed by atoms with E-state index < -0.39 is 0 Å². The molecule has 6 N–H and O–H groups in total. The lowest BCUT2D eigenvalue weighted by Gasteiger charge is -2.58. The third-order valence-corrected chi connectivity index (χ3v) is 9.25. The van der Waals surface area contributed by atoms with Crippen molar-refractivity contribution in [2.45, 2.75) is 88.1 Å². The Balaban J connectivity index is 1.32. The molecule has 0 aromatic carbocycles. The first-order valence-electron chi connectivity index (χ1n) is 11.7. The number of guanidine groups is 2. The van der Waals surface area contributed by atoms with Gasteiger partial charge in [0.2, 0.25) is 11.9 Å². The van der Waals surface area contributed by atoms with E-state index in [2.05, 4.69) is 5.32 Å². The topological polar surface area (TPSA) is 104 Å². The molecule has 8 fully saturated rings. The molecular formula is C22H36N6. The predicted molar refractivity (Wildman–Crippen MR) is 110 cm³/mol. The molecule has 0 heterocycles. The Kier molecular flexibility index (Phi) is 3.68. The molecule has 0 aliphatic heterocycles. The summed E-state index contributed by atoms with van der Waals surface area (Å²) in [5.41, 5.74) is 6.00. The summed E-state index contributed by atoms with van der Waals surface area (Å²) >= 11 is 0. The van der Waals surface area contributed by atoms with Gasteiger partial charge in [-0.1, -0.05) is 0 Å². The standard InChI is InChI=1S/C22H36N6/c23-19(24)28(25)20(26-21-7-13-1-14(8-21)3-15(2-13)9-21)27-22-10-16-4-17(11-22)6-18(5-16)12-22/h13-18H,1-12,25H2,(H3,23,24)(H,26,27). The van der Waals surface area contributed by atoms with Crippen LogP contribution >= 0.6 is 0 Å². The fourth-order valence-electron chi connectivity index (χ4n) is 9.18. The average Bonchev–Trinajstić information content (AvgIpc) is 2.57. The number of hydrogen-bond acceptors (Lipinski definition) is 3. The normalized spacial score (nSPS) is 50.8. The predicted octanol–water partition coefficient (Wildman–Crippen LogP) is 2.94. The van der Waals surface area contributed by atoms with Gasteiger partial charge < -0.3 is 11.1 Å². The molecular weight excluding hydrogens is 348 g/mol. The number of nitrogens with zero attached hydrogens (tertiary/aromatic N) is 2. The van der Waals surface area contributed by atoms with Gasteiger partial charge in [-0.3, -0.25) is 5.41 Å². The first kappa shape index (κ1) is 17.5. The van der Waals surface area contributed by atoms with E-state index in [1.807, 2.05) is 0 Å². The van der Waals surface area contributed by atoms with Crippen molar-refractivity contribution >= 4 is 11.9 Å². The van der Waals surface area contributed by atoms with Crippen LogP contribution in [0.2, 0.25) is 0 Å². The summed E-state index contributed by atoms with van der Waals surface area (Å²) in [7, 11) is 0. The number of nitrogens with two attached hydrogens (primary N) is 2. The maximum absolute atomic E-state index is 7.97. The molecule has 0 atom stereocenters. The van der Waals surface area contributed by atoms with Crippen molar-refractivity contribution in [3.63, 3.8) is 0 Å². The second-order valence-corrected chi connectivity index (χ2v) is 11.7. The van der Waals surface area contributed by atoms with Crippen LogP contribution in [0.4, 0.5) is 0 Å². The molecule has 8 aliphatic carbocycles. The van der Waals surface area contributed by atoms with Crippen LogP contribution in [0, 0.1) is 40.9 Å². The van der Waals surface area contributed by atoms with E-state index >= 15 is 0 Å². The number of hydrogen-bond donors (Lipinski definition) is 4. The Morgan fingerprint density at radius 3 is 1.57 bits per heavy atom. The molecule has 8 bridgehead atoms. The third-order valence-electron chi connectivity index (χ3n) is 9.25. The minimum atomic E-state index is -0.110. The minimum absolute atomic E-state index is 0.0342. The van der Waals surface area contributed by atoms with Gasteiger partial charge in [0.25, 0.3) is 0 Å². The van der Waals surface area contributed by atoms with E-state index in [9.17, 15) is 0 Å². The van der Waals surface area contributed by atoms with Crippen LogP contribution in [0.25, 0.3) is 0 Å². The monoisotopic (exact) mass is 384 g/mol. The minimum Gasteiger partial charge on any atom is -0.369 e. The molecule has 0 radical (unpaired) electrons. The van der Waals surface area contributed by atoms with E-state index in [0.29, 0.717) is 5.96 Å². The summed E-state index contributed by atoms with van der Waals surface area (Å²) in [6, 6.07) is 0.